The minimum atomic E-state index is -0.0861. The van der Waals surface area contributed by atoms with Crippen LogP contribution in [0.15, 0.2) is 79.1 Å². The Morgan fingerprint density at radius 3 is 2.65 bits per heavy atom. The molecule has 0 aliphatic carbocycles. The quantitative estimate of drug-likeness (QED) is 0.537. The van der Waals surface area contributed by atoms with Crippen LogP contribution in [-0.4, -0.2) is 32.4 Å². The Bertz CT molecular complexity index is 1200. The van der Waals surface area contributed by atoms with E-state index in [1.54, 1.807) is 10.9 Å². The maximum Gasteiger partial charge on any atom is 0.259 e. The van der Waals surface area contributed by atoms with E-state index in [1.165, 1.54) is 5.56 Å². The molecule has 1 aliphatic heterocycles. The van der Waals surface area contributed by atoms with Crippen molar-refractivity contribution in [2.75, 3.05) is 16.8 Å². The SMILES string of the molecule is CC(Nc1ccc(C(=O)N2CCc3ccccc32)cn1)c1cn(-c2ccccc2)nn1. The molecular formula is C24H22N6O. The number of amides is 1. The monoisotopic (exact) mass is 410 g/mol. The topological polar surface area (TPSA) is 75.9 Å². The zero-order chi connectivity index (χ0) is 21.2. The van der Waals surface area contributed by atoms with Gasteiger partial charge in [-0.15, -0.1) is 5.10 Å². The molecule has 5 rings (SSSR count). The highest BCUT2D eigenvalue weighted by atomic mass is 16.2. The van der Waals surface area contributed by atoms with Crippen molar-refractivity contribution in [2.45, 2.75) is 19.4 Å². The lowest BCUT2D eigenvalue weighted by molar-refractivity contribution is 0.0989. The molecule has 1 unspecified atom stereocenters. The Kier molecular flexibility index (Phi) is 4.92. The number of carbonyl (C=O) groups excluding carboxylic acids is 1. The predicted molar refractivity (Wildman–Crippen MR) is 119 cm³/mol. The van der Waals surface area contributed by atoms with E-state index >= 15 is 0 Å². The van der Waals surface area contributed by atoms with Crippen LogP contribution in [0.25, 0.3) is 5.69 Å². The van der Waals surface area contributed by atoms with E-state index in [4.69, 9.17) is 0 Å². The third-order valence-electron chi connectivity index (χ3n) is 5.48. The summed E-state index contributed by atoms with van der Waals surface area (Å²) in [5, 5.41) is 11.8. The van der Waals surface area contributed by atoms with Gasteiger partial charge in [-0.2, -0.15) is 0 Å². The van der Waals surface area contributed by atoms with Crippen molar-refractivity contribution in [3.05, 3.63) is 95.9 Å². The lowest BCUT2D eigenvalue weighted by Gasteiger charge is -2.17. The highest BCUT2D eigenvalue weighted by molar-refractivity contribution is 6.07. The average molecular weight is 410 g/mol. The molecule has 0 saturated carbocycles. The van der Waals surface area contributed by atoms with Crippen LogP contribution in [0.4, 0.5) is 11.5 Å². The smallest absolute Gasteiger partial charge is 0.259 e. The van der Waals surface area contributed by atoms with Gasteiger partial charge in [-0.3, -0.25) is 4.79 Å². The number of hydrogen-bond donors (Lipinski definition) is 1. The van der Waals surface area contributed by atoms with Crippen molar-refractivity contribution in [3.8, 4) is 5.69 Å². The third-order valence-corrected chi connectivity index (χ3v) is 5.48. The second kappa shape index (κ2) is 8.02. The Morgan fingerprint density at radius 2 is 1.84 bits per heavy atom. The van der Waals surface area contributed by atoms with Crippen LogP contribution in [0.3, 0.4) is 0 Å². The molecule has 31 heavy (non-hydrogen) atoms. The molecule has 154 valence electrons. The molecule has 1 aliphatic rings. The first-order valence-electron chi connectivity index (χ1n) is 10.3. The van der Waals surface area contributed by atoms with Crippen molar-refractivity contribution in [1.29, 1.82) is 0 Å². The fourth-order valence-corrected chi connectivity index (χ4v) is 3.79. The van der Waals surface area contributed by atoms with Crippen molar-refractivity contribution in [3.63, 3.8) is 0 Å². The molecule has 0 saturated heterocycles. The second-order valence-electron chi connectivity index (χ2n) is 7.56. The highest BCUT2D eigenvalue weighted by Crippen LogP contribution is 2.29. The number of hydrogen-bond acceptors (Lipinski definition) is 5. The largest absolute Gasteiger partial charge is 0.362 e. The van der Waals surface area contributed by atoms with Gasteiger partial charge in [-0.25, -0.2) is 9.67 Å². The summed E-state index contributed by atoms with van der Waals surface area (Å²) >= 11 is 0. The van der Waals surface area contributed by atoms with E-state index < -0.39 is 0 Å². The molecule has 1 N–H and O–H groups in total. The van der Waals surface area contributed by atoms with Crippen LogP contribution in [0.2, 0.25) is 0 Å². The Labute approximate surface area is 180 Å². The molecule has 7 nitrogen and oxygen atoms in total. The second-order valence-corrected chi connectivity index (χ2v) is 7.56. The molecule has 0 fully saturated rings. The van der Waals surface area contributed by atoms with Gasteiger partial charge in [0, 0.05) is 18.4 Å². The minimum Gasteiger partial charge on any atom is -0.362 e. The number of fused-ring (bicyclic) bond motifs is 1. The number of nitrogens with one attached hydrogen (secondary N) is 1. The molecule has 0 bridgehead atoms. The van der Waals surface area contributed by atoms with Gasteiger partial charge in [-0.1, -0.05) is 41.6 Å². The molecule has 3 heterocycles. The van der Waals surface area contributed by atoms with Crippen LogP contribution in [0.1, 0.15) is 34.6 Å². The Morgan fingerprint density at radius 1 is 1.03 bits per heavy atom. The predicted octanol–water partition coefficient (Wildman–Crippen LogP) is 4.04. The fraction of sp³-hybridized carbons (Fsp3) is 0.167. The summed E-state index contributed by atoms with van der Waals surface area (Å²) in [4.78, 5) is 19.2. The van der Waals surface area contributed by atoms with Gasteiger partial charge in [0.15, 0.2) is 0 Å². The molecule has 7 heteroatoms. The van der Waals surface area contributed by atoms with Gasteiger partial charge >= 0.3 is 0 Å². The van der Waals surface area contributed by atoms with Crippen LogP contribution in [0, 0.1) is 0 Å². The third kappa shape index (κ3) is 3.77. The first-order chi connectivity index (χ1) is 15.2. The maximum absolute atomic E-state index is 12.9. The van der Waals surface area contributed by atoms with Crippen LogP contribution >= 0.6 is 0 Å². The molecular weight excluding hydrogens is 388 g/mol. The first-order valence-corrected chi connectivity index (χ1v) is 10.3. The molecule has 2 aromatic heterocycles. The van der Waals surface area contributed by atoms with E-state index in [1.807, 2.05) is 78.7 Å². The van der Waals surface area contributed by atoms with Crippen molar-refractivity contribution in [2.24, 2.45) is 0 Å². The first kappa shape index (κ1) is 19.0. The van der Waals surface area contributed by atoms with E-state index in [-0.39, 0.29) is 11.9 Å². The number of benzene rings is 2. The molecule has 4 aromatic rings. The summed E-state index contributed by atoms with van der Waals surface area (Å²) in [7, 11) is 0. The summed E-state index contributed by atoms with van der Waals surface area (Å²) in [5.41, 5.74) is 4.53. The molecule has 0 radical (unpaired) electrons. The van der Waals surface area contributed by atoms with E-state index in [0.29, 0.717) is 17.9 Å². The van der Waals surface area contributed by atoms with Crippen molar-refractivity contribution >= 4 is 17.4 Å². The molecule has 1 amide bonds. The number of carbonyl (C=O) groups is 1. The van der Waals surface area contributed by atoms with Crippen molar-refractivity contribution < 1.29 is 4.79 Å². The summed E-state index contributed by atoms with van der Waals surface area (Å²) in [6.45, 7) is 2.70. The highest BCUT2D eigenvalue weighted by Gasteiger charge is 2.25. The number of anilines is 2. The average Bonchev–Trinajstić information content (AvgIpc) is 3.48. The number of para-hydroxylation sites is 2. The summed E-state index contributed by atoms with van der Waals surface area (Å²) in [6.07, 6.45) is 4.41. The van der Waals surface area contributed by atoms with Gasteiger partial charge in [0.25, 0.3) is 5.91 Å². The van der Waals surface area contributed by atoms with Crippen LogP contribution < -0.4 is 10.2 Å². The standard InChI is InChI=1S/C24H22N6O/c1-17(21-16-30(28-27-21)20-8-3-2-4-9-20)26-23-12-11-19(15-25-23)24(31)29-14-13-18-7-5-6-10-22(18)29/h2-12,15-17H,13-14H2,1H3,(H,25,26). The van der Waals surface area contributed by atoms with E-state index in [2.05, 4.69) is 26.7 Å². The maximum atomic E-state index is 12.9. The van der Waals surface area contributed by atoms with E-state index in [0.717, 1.165) is 23.5 Å². The van der Waals surface area contributed by atoms with Crippen LogP contribution in [-0.2, 0) is 6.42 Å². The van der Waals surface area contributed by atoms with Gasteiger partial charge in [-0.05, 0) is 49.2 Å². The van der Waals surface area contributed by atoms with E-state index in [9.17, 15) is 4.79 Å². The fourth-order valence-electron chi connectivity index (χ4n) is 3.79. The van der Waals surface area contributed by atoms with Gasteiger partial charge in [0.2, 0.25) is 0 Å². The summed E-state index contributed by atoms with van der Waals surface area (Å²) < 4.78 is 1.75. The Balaban J connectivity index is 1.27. The number of rotatable bonds is 5. The molecule has 0 spiro atoms. The van der Waals surface area contributed by atoms with Crippen LogP contribution in [0.5, 0.6) is 0 Å². The molecule has 1 atom stereocenters. The summed E-state index contributed by atoms with van der Waals surface area (Å²) in [6, 6.07) is 21.4. The summed E-state index contributed by atoms with van der Waals surface area (Å²) in [5.74, 6) is 0.656. The Hall–Kier alpha value is -4.00. The van der Waals surface area contributed by atoms with Gasteiger partial charge < -0.3 is 10.2 Å². The number of pyridine rings is 1. The lowest BCUT2D eigenvalue weighted by atomic mass is 10.2. The van der Waals surface area contributed by atoms with Gasteiger partial charge in [0.1, 0.15) is 11.5 Å². The minimum absolute atomic E-state index is 0.0251. The van der Waals surface area contributed by atoms with Gasteiger partial charge in [0.05, 0.1) is 23.5 Å². The zero-order valence-corrected chi connectivity index (χ0v) is 17.1. The zero-order valence-electron chi connectivity index (χ0n) is 17.1. The number of aromatic nitrogens is 4. The lowest BCUT2D eigenvalue weighted by Crippen LogP contribution is -2.29. The van der Waals surface area contributed by atoms with Crippen molar-refractivity contribution in [1.82, 2.24) is 20.0 Å². The number of nitrogens with zero attached hydrogens (tertiary/aromatic N) is 5. The normalized spacial score (nSPS) is 13.6. The molecule has 2 aromatic carbocycles.